The van der Waals surface area contributed by atoms with Crippen molar-refractivity contribution in [1.82, 2.24) is 0 Å². The fourth-order valence-corrected chi connectivity index (χ4v) is 4.94. The van der Waals surface area contributed by atoms with Gasteiger partial charge in [-0.3, -0.25) is 0 Å². The van der Waals surface area contributed by atoms with Crippen LogP contribution in [0.5, 0.6) is 0 Å². The van der Waals surface area contributed by atoms with Gasteiger partial charge in [0.05, 0.1) is 6.07 Å². The first-order valence-electron chi connectivity index (χ1n) is 7.06. The molecule has 0 aromatic rings. The maximum absolute atomic E-state index is 9.31. The minimum Gasteiger partial charge on any atom is -0.198 e. The normalized spacial score (nSPS) is 41.6. The number of nitrogens with zero attached hydrogens (tertiary/aromatic N) is 1. The van der Waals surface area contributed by atoms with E-state index >= 15 is 0 Å². The molecule has 0 aliphatic heterocycles. The van der Waals surface area contributed by atoms with Crippen LogP contribution in [0.1, 0.15) is 54.4 Å². The summed E-state index contributed by atoms with van der Waals surface area (Å²) in [6, 6.07) is 2.57. The summed E-state index contributed by atoms with van der Waals surface area (Å²) in [6.07, 6.45) is 2.47. The number of hydrogen-bond acceptors (Lipinski definition) is 1. The number of hydrogen-bond donors (Lipinski definition) is 0. The van der Waals surface area contributed by atoms with Gasteiger partial charge in [-0.25, -0.2) is 0 Å². The van der Waals surface area contributed by atoms with Gasteiger partial charge >= 0.3 is 0 Å². The molecule has 1 nitrogen and oxygen atoms in total. The van der Waals surface area contributed by atoms with E-state index in [1.54, 1.807) is 0 Å². The monoisotopic (exact) mass is 233 g/mol. The van der Waals surface area contributed by atoms with E-state index in [0.29, 0.717) is 22.7 Å². The van der Waals surface area contributed by atoms with Crippen molar-refractivity contribution >= 4 is 0 Å². The molecule has 0 heterocycles. The summed E-state index contributed by atoms with van der Waals surface area (Å²) in [7, 11) is 0. The summed E-state index contributed by atoms with van der Waals surface area (Å²) in [4.78, 5) is 0. The molecule has 2 saturated carbocycles. The average Bonchev–Trinajstić information content (AvgIpc) is 2.70. The molecule has 2 bridgehead atoms. The maximum atomic E-state index is 9.31. The zero-order chi connectivity index (χ0) is 13.0. The van der Waals surface area contributed by atoms with Crippen LogP contribution in [0.15, 0.2) is 0 Å². The van der Waals surface area contributed by atoms with Crippen molar-refractivity contribution in [3.63, 3.8) is 0 Å². The largest absolute Gasteiger partial charge is 0.198 e. The first-order chi connectivity index (χ1) is 7.66. The lowest BCUT2D eigenvalue weighted by atomic mass is 9.57. The zero-order valence-electron chi connectivity index (χ0n) is 12.2. The number of fused-ring (bicyclic) bond motifs is 2. The average molecular weight is 233 g/mol. The summed E-state index contributed by atoms with van der Waals surface area (Å²) < 4.78 is 0. The third-order valence-electron chi connectivity index (χ3n) is 5.17. The third-order valence-corrected chi connectivity index (χ3v) is 5.17. The second kappa shape index (κ2) is 3.74. The van der Waals surface area contributed by atoms with Crippen LogP contribution in [-0.2, 0) is 0 Å². The van der Waals surface area contributed by atoms with Crippen molar-refractivity contribution in [2.75, 3.05) is 0 Å². The Morgan fingerprint density at radius 3 is 1.82 bits per heavy atom. The van der Waals surface area contributed by atoms with Crippen LogP contribution in [0, 0.1) is 51.8 Å². The molecule has 0 aromatic heterocycles. The fraction of sp³-hybridized carbons (Fsp3) is 0.938. The van der Waals surface area contributed by atoms with Crippen LogP contribution in [-0.4, -0.2) is 0 Å². The molecule has 2 aliphatic carbocycles. The van der Waals surface area contributed by atoms with E-state index in [2.05, 4.69) is 47.6 Å². The molecule has 0 N–H and O–H groups in total. The molecule has 96 valence electrons. The van der Waals surface area contributed by atoms with Crippen molar-refractivity contribution in [2.45, 2.75) is 54.4 Å². The van der Waals surface area contributed by atoms with E-state index in [1.165, 1.54) is 6.42 Å². The smallest absolute Gasteiger partial charge is 0.0658 e. The van der Waals surface area contributed by atoms with Crippen LogP contribution in [0.3, 0.4) is 0 Å². The van der Waals surface area contributed by atoms with Gasteiger partial charge in [-0.15, -0.1) is 0 Å². The minimum atomic E-state index is 0.336. The van der Waals surface area contributed by atoms with Gasteiger partial charge in [0.2, 0.25) is 0 Å². The molecular formula is C16H27N. The highest BCUT2D eigenvalue weighted by Crippen LogP contribution is 2.64. The Morgan fingerprint density at radius 1 is 0.882 bits per heavy atom. The molecule has 5 unspecified atom stereocenters. The molecule has 0 amide bonds. The molecule has 2 rings (SSSR count). The lowest BCUT2D eigenvalue weighted by Crippen LogP contribution is -2.42. The summed E-state index contributed by atoms with van der Waals surface area (Å²) in [5, 5.41) is 9.31. The van der Waals surface area contributed by atoms with Crippen molar-refractivity contribution < 1.29 is 0 Å². The van der Waals surface area contributed by atoms with Crippen LogP contribution in [0.2, 0.25) is 0 Å². The Bertz CT molecular complexity index is 336. The summed E-state index contributed by atoms with van der Waals surface area (Å²) in [6.45, 7) is 14.3. The second-order valence-electron chi connectivity index (χ2n) is 8.41. The summed E-state index contributed by atoms with van der Waals surface area (Å²) in [5.41, 5.74) is 0.727. The van der Waals surface area contributed by atoms with Crippen LogP contribution in [0.4, 0.5) is 0 Å². The molecule has 0 aromatic carbocycles. The molecule has 0 radical (unpaired) electrons. The highest BCUT2D eigenvalue weighted by atomic mass is 14.6. The summed E-state index contributed by atoms with van der Waals surface area (Å²) in [5.74, 6) is 3.33. The SMILES string of the molecule is CC(C)(C)C1C2CC(C#N)C(C2)C1C(C)(C)C. The van der Waals surface area contributed by atoms with Gasteiger partial charge in [0, 0.05) is 5.92 Å². The molecule has 0 spiro atoms. The molecular weight excluding hydrogens is 206 g/mol. The van der Waals surface area contributed by atoms with E-state index in [1.807, 2.05) is 0 Å². The summed E-state index contributed by atoms with van der Waals surface area (Å²) >= 11 is 0. The second-order valence-corrected chi connectivity index (χ2v) is 8.41. The van der Waals surface area contributed by atoms with E-state index in [9.17, 15) is 5.26 Å². The van der Waals surface area contributed by atoms with Gasteiger partial charge in [0.15, 0.2) is 0 Å². The molecule has 0 saturated heterocycles. The standard InChI is InChI=1S/C16H27N/c1-15(2,3)13-10-7-11(9-17)12(8-10)14(13)16(4,5)6/h10-14H,7-8H2,1-6H3. The maximum Gasteiger partial charge on any atom is 0.0658 e. The predicted octanol–water partition coefficient (Wildman–Crippen LogP) is 4.49. The predicted molar refractivity (Wildman–Crippen MR) is 71.2 cm³/mol. The van der Waals surface area contributed by atoms with Gasteiger partial charge < -0.3 is 0 Å². The van der Waals surface area contributed by atoms with Gasteiger partial charge in [-0.1, -0.05) is 41.5 Å². The van der Waals surface area contributed by atoms with Gasteiger partial charge in [-0.05, 0) is 47.3 Å². The van der Waals surface area contributed by atoms with Crippen molar-refractivity contribution in [3.05, 3.63) is 0 Å². The van der Waals surface area contributed by atoms with Crippen LogP contribution < -0.4 is 0 Å². The first kappa shape index (κ1) is 12.9. The molecule has 1 heteroatoms. The van der Waals surface area contributed by atoms with Crippen LogP contribution in [0.25, 0.3) is 0 Å². The van der Waals surface area contributed by atoms with Crippen LogP contribution >= 0.6 is 0 Å². The number of nitriles is 1. The Hall–Kier alpha value is -0.510. The lowest BCUT2D eigenvalue weighted by Gasteiger charge is -2.47. The van der Waals surface area contributed by atoms with Crippen molar-refractivity contribution in [1.29, 1.82) is 5.26 Å². The van der Waals surface area contributed by atoms with Gasteiger partial charge in [0.1, 0.15) is 0 Å². The topological polar surface area (TPSA) is 23.8 Å². The van der Waals surface area contributed by atoms with Gasteiger partial charge in [0.25, 0.3) is 0 Å². The fourth-order valence-electron chi connectivity index (χ4n) is 4.94. The quantitative estimate of drug-likeness (QED) is 0.604. The van der Waals surface area contributed by atoms with Crippen molar-refractivity contribution in [2.24, 2.45) is 40.4 Å². The Labute approximate surface area is 107 Å². The molecule has 5 atom stereocenters. The lowest BCUT2D eigenvalue weighted by molar-refractivity contribution is 0.0117. The van der Waals surface area contributed by atoms with E-state index < -0.39 is 0 Å². The highest BCUT2D eigenvalue weighted by Gasteiger charge is 2.58. The number of rotatable bonds is 0. The first-order valence-corrected chi connectivity index (χ1v) is 7.06. The molecule has 2 fully saturated rings. The Kier molecular flexibility index (Phi) is 2.85. The van der Waals surface area contributed by atoms with E-state index in [4.69, 9.17) is 0 Å². The zero-order valence-corrected chi connectivity index (χ0v) is 12.2. The van der Waals surface area contributed by atoms with Crippen molar-refractivity contribution in [3.8, 4) is 6.07 Å². The van der Waals surface area contributed by atoms with E-state index in [-0.39, 0.29) is 0 Å². The Morgan fingerprint density at radius 2 is 1.41 bits per heavy atom. The third kappa shape index (κ3) is 2.01. The molecule has 2 aliphatic rings. The van der Waals surface area contributed by atoms with E-state index in [0.717, 1.165) is 24.2 Å². The minimum absolute atomic E-state index is 0.336. The highest BCUT2D eigenvalue weighted by molar-refractivity contribution is 5.11. The van der Waals surface area contributed by atoms with Gasteiger partial charge in [-0.2, -0.15) is 5.26 Å². The Balaban J connectivity index is 2.34. The molecule has 17 heavy (non-hydrogen) atoms.